The van der Waals surface area contributed by atoms with Crippen LogP contribution in [-0.4, -0.2) is 26.2 Å². The quantitative estimate of drug-likeness (QED) is 0.795. The number of ether oxygens (including phenoxy) is 1. The zero-order valence-corrected chi connectivity index (χ0v) is 10.2. The van der Waals surface area contributed by atoms with Crippen LogP contribution in [0.3, 0.4) is 0 Å². The highest BCUT2D eigenvalue weighted by Gasteiger charge is 2.12. The zero-order valence-electron chi connectivity index (χ0n) is 10.2. The predicted octanol–water partition coefficient (Wildman–Crippen LogP) is 2.93. The second kappa shape index (κ2) is 7.35. The standard InChI is InChI=1S/C13H19F2NO/c1-3-16-12(8-17-9-13(14)15)11-6-4-5-10(2)7-11/h4-7,12-13,16H,3,8-9H2,1-2H3. The minimum Gasteiger partial charge on any atom is -0.374 e. The van der Waals surface area contributed by atoms with Gasteiger partial charge in [0.05, 0.1) is 12.6 Å². The second-order valence-corrected chi connectivity index (χ2v) is 3.95. The van der Waals surface area contributed by atoms with Gasteiger partial charge in [0.25, 0.3) is 6.43 Å². The van der Waals surface area contributed by atoms with E-state index >= 15 is 0 Å². The fraction of sp³-hybridized carbons (Fsp3) is 0.538. The number of hydrogen-bond acceptors (Lipinski definition) is 2. The van der Waals surface area contributed by atoms with Crippen molar-refractivity contribution in [1.29, 1.82) is 0 Å². The first kappa shape index (κ1) is 14.1. The number of halogens is 2. The van der Waals surface area contributed by atoms with Gasteiger partial charge in [0.2, 0.25) is 0 Å². The average Bonchev–Trinajstić information content (AvgIpc) is 2.27. The van der Waals surface area contributed by atoms with Crippen molar-refractivity contribution >= 4 is 0 Å². The lowest BCUT2D eigenvalue weighted by atomic mass is 10.1. The summed E-state index contributed by atoms with van der Waals surface area (Å²) < 4.78 is 29.0. The van der Waals surface area contributed by atoms with Gasteiger partial charge in [0, 0.05) is 0 Å². The molecular weight excluding hydrogens is 224 g/mol. The molecule has 1 aromatic carbocycles. The molecule has 1 rings (SSSR count). The van der Waals surface area contributed by atoms with E-state index in [-0.39, 0.29) is 12.6 Å². The molecule has 0 spiro atoms. The van der Waals surface area contributed by atoms with Crippen LogP contribution in [-0.2, 0) is 4.74 Å². The van der Waals surface area contributed by atoms with Crippen molar-refractivity contribution < 1.29 is 13.5 Å². The van der Waals surface area contributed by atoms with Crippen molar-refractivity contribution in [1.82, 2.24) is 5.32 Å². The Morgan fingerprint density at radius 3 is 2.65 bits per heavy atom. The van der Waals surface area contributed by atoms with Gasteiger partial charge < -0.3 is 10.1 Å². The van der Waals surface area contributed by atoms with Crippen LogP contribution in [0.15, 0.2) is 24.3 Å². The van der Waals surface area contributed by atoms with Gasteiger partial charge in [-0.2, -0.15) is 0 Å². The van der Waals surface area contributed by atoms with Gasteiger partial charge in [0.15, 0.2) is 0 Å². The Balaban J connectivity index is 2.58. The van der Waals surface area contributed by atoms with E-state index < -0.39 is 13.0 Å². The summed E-state index contributed by atoms with van der Waals surface area (Å²) in [6.45, 7) is 4.52. The van der Waals surface area contributed by atoms with Crippen molar-refractivity contribution in [2.45, 2.75) is 26.3 Å². The topological polar surface area (TPSA) is 21.3 Å². The molecule has 0 radical (unpaired) electrons. The van der Waals surface area contributed by atoms with E-state index in [1.165, 1.54) is 0 Å². The first-order valence-corrected chi connectivity index (χ1v) is 5.79. The van der Waals surface area contributed by atoms with E-state index in [1.54, 1.807) is 0 Å². The molecule has 1 atom stereocenters. The molecule has 1 aromatic rings. The first-order chi connectivity index (χ1) is 8.13. The monoisotopic (exact) mass is 243 g/mol. The number of likely N-dealkylation sites (N-methyl/N-ethyl adjacent to an activating group) is 1. The molecule has 1 unspecified atom stereocenters. The molecule has 0 aromatic heterocycles. The lowest BCUT2D eigenvalue weighted by Gasteiger charge is -2.18. The van der Waals surface area contributed by atoms with Gasteiger partial charge in [-0.05, 0) is 19.0 Å². The summed E-state index contributed by atoms with van der Waals surface area (Å²) in [5, 5.41) is 3.23. The van der Waals surface area contributed by atoms with Gasteiger partial charge in [-0.1, -0.05) is 36.8 Å². The lowest BCUT2D eigenvalue weighted by molar-refractivity contribution is 0.00934. The molecule has 1 N–H and O–H groups in total. The largest absolute Gasteiger partial charge is 0.374 e. The Morgan fingerprint density at radius 2 is 2.06 bits per heavy atom. The molecule has 0 aliphatic heterocycles. The first-order valence-electron chi connectivity index (χ1n) is 5.79. The van der Waals surface area contributed by atoms with E-state index in [9.17, 15) is 8.78 Å². The van der Waals surface area contributed by atoms with Crippen molar-refractivity contribution in [2.24, 2.45) is 0 Å². The summed E-state index contributed by atoms with van der Waals surface area (Å²) in [6.07, 6.45) is -2.41. The molecule has 2 nitrogen and oxygen atoms in total. The molecule has 0 fully saturated rings. The summed E-state index contributed by atoms with van der Waals surface area (Å²) in [6, 6.07) is 7.96. The molecule has 0 amide bonds. The zero-order chi connectivity index (χ0) is 12.7. The normalized spacial score (nSPS) is 13.0. The summed E-state index contributed by atoms with van der Waals surface area (Å²) in [5.74, 6) is 0. The van der Waals surface area contributed by atoms with Crippen LogP contribution >= 0.6 is 0 Å². The summed E-state index contributed by atoms with van der Waals surface area (Å²) in [4.78, 5) is 0. The van der Waals surface area contributed by atoms with E-state index in [4.69, 9.17) is 4.74 Å². The van der Waals surface area contributed by atoms with Gasteiger partial charge in [-0.25, -0.2) is 8.78 Å². The maximum Gasteiger partial charge on any atom is 0.261 e. The van der Waals surface area contributed by atoms with Crippen molar-refractivity contribution in [3.05, 3.63) is 35.4 Å². The highest BCUT2D eigenvalue weighted by atomic mass is 19.3. The molecule has 4 heteroatoms. The van der Waals surface area contributed by atoms with E-state index in [0.29, 0.717) is 0 Å². The molecule has 0 saturated heterocycles. The van der Waals surface area contributed by atoms with Crippen LogP contribution in [0.5, 0.6) is 0 Å². The van der Waals surface area contributed by atoms with Gasteiger partial charge in [0.1, 0.15) is 6.61 Å². The van der Waals surface area contributed by atoms with Gasteiger partial charge >= 0.3 is 0 Å². The fourth-order valence-corrected chi connectivity index (χ4v) is 1.68. The van der Waals surface area contributed by atoms with Crippen LogP contribution in [0.1, 0.15) is 24.1 Å². The van der Waals surface area contributed by atoms with Gasteiger partial charge in [-0.15, -0.1) is 0 Å². The molecule has 96 valence electrons. The Labute approximate surface area is 101 Å². The van der Waals surface area contributed by atoms with Crippen LogP contribution in [0.25, 0.3) is 0 Å². The molecule has 17 heavy (non-hydrogen) atoms. The summed E-state index contributed by atoms with van der Waals surface area (Å²) in [7, 11) is 0. The summed E-state index contributed by atoms with van der Waals surface area (Å²) >= 11 is 0. The Bertz CT molecular complexity index is 331. The van der Waals surface area contributed by atoms with Crippen LogP contribution in [0.2, 0.25) is 0 Å². The van der Waals surface area contributed by atoms with Gasteiger partial charge in [-0.3, -0.25) is 0 Å². The number of nitrogens with one attached hydrogen (secondary N) is 1. The van der Waals surface area contributed by atoms with Crippen molar-refractivity contribution in [2.75, 3.05) is 19.8 Å². The molecule has 0 heterocycles. The Hall–Kier alpha value is -1.00. The number of aryl methyl sites for hydroxylation is 1. The van der Waals surface area contributed by atoms with E-state index in [2.05, 4.69) is 5.32 Å². The van der Waals surface area contributed by atoms with E-state index in [1.807, 2.05) is 38.1 Å². The Morgan fingerprint density at radius 1 is 1.29 bits per heavy atom. The smallest absolute Gasteiger partial charge is 0.261 e. The van der Waals surface area contributed by atoms with Crippen LogP contribution in [0, 0.1) is 6.92 Å². The SMILES string of the molecule is CCNC(COCC(F)F)c1cccc(C)c1. The molecule has 0 aliphatic rings. The second-order valence-electron chi connectivity index (χ2n) is 3.95. The minimum atomic E-state index is -2.41. The molecule has 0 saturated carbocycles. The third kappa shape index (κ3) is 5.24. The maximum absolute atomic E-state index is 12.0. The minimum absolute atomic E-state index is 0.0290. The average molecular weight is 243 g/mol. The molecule has 0 bridgehead atoms. The predicted molar refractivity (Wildman–Crippen MR) is 64.4 cm³/mol. The number of benzene rings is 1. The van der Waals surface area contributed by atoms with Crippen molar-refractivity contribution in [3.8, 4) is 0 Å². The fourth-order valence-electron chi connectivity index (χ4n) is 1.68. The summed E-state index contributed by atoms with van der Waals surface area (Å²) in [5.41, 5.74) is 2.22. The third-order valence-corrected chi connectivity index (χ3v) is 2.42. The van der Waals surface area contributed by atoms with Crippen molar-refractivity contribution in [3.63, 3.8) is 0 Å². The van der Waals surface area contributed by atoms with Crippen LogP contribution < -0.4 is 5.32 Å². The molecular formula is C13H19F2NO. The van der Waals surface area contributed by atoms with Crippen LogP contribution in [0.4, 0.5) is 8.78 Å². The highest BCUT2D eigenvalue weighted by molar-refractivity contribution is 5.25. The maximum atomic E-state index is 12.0. The number of alkyl halides is 2. The lowest BCUT2D eigenvalue weighted by Crippen LogP contribution is -2.26. The number of hydrogen-bond donors (Lipinski definition) is 1. The number of rotatable bonds is 7. The highest BCUT2D eigenvalue weighted by Crippen LogP contribution is 2.15. The third-order valence-electron chi connectivity index (χ3n) is 2.42. The molecule has 0 aliphatic carbocycles. The van der Waals surface area contributed by atoms with E-state index in [0.717, 1.165) is 17.7 Å². The Kier molecular flexibility index (Phi) is 6.08.